The molecule has 1 unspecified atom stereocenters. The minimum atomic E-state index is 0.536. The molecule has 0 aliphatic carbocycles. The van der Waals surface area contributed by atoms with E-state index in [-0.39, 0.29) is 0 Å². The second-order valence-corrected chi connectivity index (χ2v) is 5.14. The molecule has 1 aromatic rings. The molecule has 0 spiro atoms. The second-order valence-electron chi connectivity index (χ2n) is 4.10. The Morgan fingerprint density at radius 1 is 1.44 bits per heavy atom. The minimum Gasteiger partial charge on any atom is -0.380 e. The number of ether oxygens (including phenoxy) is 1. The predicted octanol–water partition coefficient (Wildman–Crippen LogP) is 3.09. The van der Waals surface area contributed by atoms with Crippen LogP contribution in [-0.4, -0.2) is 25.8 Å². The van der Waals surface area contributed by atoms with Gasteiger partial charge in [-0.05, 0) is 31.2 Å². The molecule has 0 saturated heterocycles. The molecule has 0 amide bonds. The highest BCUT2D eigenvalue weighted by Gasteiger charge is 2.02. The van der Waals surface area contributed by atoms with Crippen molar-refractivity contribution < 1.29 is 4.74 Å². The monoisotopic (exact) mass is 241 g/mol. The lowest BCUT2D eigenvalue weighted by Crippen LogP contribution is -2.31. The van der Waals surface area contributed by atoms with Gasteiger partial charge >= 0.3 is 0 Å². The molecule has 0 bridgehead atoms. The van der Waals surface area contributed by atoms with Gasteiger partial charge in [0.15, 0.2) is 0 Å². The lowest BCUT2D eigenvalue weighted by Gasteiger charge is -2.12. The normalized spacial score (nSPS) is 12.9. The van der Waals surface area contributed by atoms with Gasteiger partial charge in [0.05, 0.1) is 6.61 Å². The Labute approximate surface area is 103 Å². The smallest absolute Gasteiger partial charge is 0.0591 e. The van der Waals surface area contributed by atoms with E-state index in [1.807, 2.05) is 11.3 Å². The Morgan fingerprint density at radius 2 is 2.31 bits per heavy atom. The van der Waals surface area contributed by atoms with E-state index in [2.05, 4.69) is 36.7 Å². The van der Waals surface area contributed by atoms with Crippen LogP contribution in [0, 0.1) is 0 Å². The lowest BCUT2D eigenvalue weighted by atomic mass is 10.2. The fourth-order valence-electron chi connectivity index (χ4n) is 1.53. The molecule has 92 valence electrons. The molecule has 16 heavy (non-hydrogen) atoms. The average molecular weight is 241 g/mol. The van der Waals surface area contributed by atoms with E-state index in [1.165, 1.54) is 17.7 Å². The van der Waals surface area contributed by atoms with E-state index in [9.17, 15) is 0 Å². The zero-order valence-electron chi connectivity index (χ0n) is 10.4. The molecule has 1 aromatic heterocycles. The largest absolute Gasteiger partial charge is 0.380 e. The van der Waals surface area contributed by atoms with Crippen LogP contribution >= 0.6 is 11.3 Å². The van der Waals surface area contributed by atoms with Gasteiger partial charge in [-0.2, -0.15) is 0 Å². The first-order valence-electron chi connectivity index (χ1n) is 6.16. The van der Waals surface area contributed by atoms with Crippen LogP contribution in [-0.2, 0) is 11.2 Å². The topological polar surface area (TPSA) is 21.3 Å². The molecule has 0 aromatic carbocycles. The maximum absolute atomic E-state index is 5.50. The summed E-state index contributed by atoms with van der Waals surface area (Å²) >= 11 is 1.83. The van der Waals surface area contributed by atoms with Crippen molar-refractivity contribution in [2.45, 2.75) is 39.2 Å². The molecule has 0 aliphatic heterocycles. The summed E-state index contributed by atoms with van der Waals surface area (Å²) in [6.45, 7) is 7.10. The van der Waals surface area contributed by atoms with Crippen molar-refractivity contribution in [3.63, 3.8) is 0 Å². The van der Waals surface area contributed by atoms with Crippen molar-refractivity contribution in [3.8, 4) is 0 Å². The van der Waals surface area contributed by atoms with Gasteiger partial charge in [0.1, 0.15) is 0 Å². The van der Waals surface area contributed by atoms with E-state index in [1.54, 1.807) is 0 Å². The standard InChI is InChI=1S/C13H23NOS/c1-3-4-8-15-9-7-14-12(2)11-13-6-5-10-16-13/h5-6,10,12,14H,3-4,7-9,11H2,1-2H3. The summed E-state index contributed by atoms with van der Waals surface area (Å²) < 4.78 is 5.50. The maximum atomic E-state index is 5.50. The number of hydrogen-bond acceptors (Lipinski definition) is 3. The molecule has 2 nitrogen and oxygen atoms in total. The van der Waals surface area contributed by atoms with Crippen LogP contribution in [0.2, 0.25) is 0 Å². The van der Waals surface area contributed by atoms with E-state index in [4.69, 9.17) is 4.74 Å². The van der Waals surface area contributed by atoms with Crippen LogP contribution in [0.1, 0.15) is 31.6 Å². The van der Waals surface area contributed by atoms with E-state index in [0.29, 0.717) is 6.04 Å². The molecule has 0 saturated carbocycles. The quantitative estimate of drug-likeness (QED) is 0.671. The summed E-state index contributed by atoms with van der Waals surface area (Å²) in [5.41, 5.74) is 0. The fourth-order valence-corrected chi connectivity index (χ4v) is 2.36. The van der Waals surface area contributed by atoms with Crippen molar-refractivity contribution in [2.24, 2.45) is 0 Å². The Bertz CT molecular complexity index is 248. The summed E-state index contributed by atoms with van der Waals surface area (Å²) in [6.07, 6.45) is 3.50. The Hall–Kier alpha value is -0.380. The first-order valence-corrected chi connectivity index (χ1v) is 7.04. The molecular formula is C13H23NOS. The van der Waals surface area contributed by atoms with Crippen LogP contribution in [0.25, 0.3) is 0 Å². The van der Waals surface area contributed by atoms with Crippen LogP contribution in [0.5, 0.6) is 0 Å². The highest BCUT2D eigenvalue weighted by atomic mass is 32.1. The van der Waals surface area contributed by atoms with Gasteiger partial charge < -0.3 is 10.1 Å². The first kappa shape index (κ1) is 13.7. The second kappa shape index (κ2) is 8.74. The van der Waals surface area contributed by atoms with Gasteiger partial charge in [-0.1, -0.05) is 19.4 Å². The number of nitrogens with one attached hydrogen (secondary N) is 1. The van der Waals surface area contributed by atoms with Gasteiger partial charge in [-0.3, -0.25) is 0 Å². The molecule has 0 aliphatic rings. The predicted molar refractivity (Wildman–Crippen MR) is 71.2 cm³/mol. The zero-order valence-corrected chi connectivity index (χ0v) is 11.2. The molecule has 0 fully saturated rings. The van der Waals surface area contributed by atoms with Crippen LogP contribution < -0.4 is 5.32 Å². The van der Waals surface area contributed by atoms with Crippen molar-refractivity contribution in [1.29, 1.82) is 0 Å². The van der Waals surface area contributed by atoms with E-state index >= 15 is 0 Å². The summed E-state index contributed by atoms with van der Waals surface area (Å²) in [7, 11) is 0. The third-order valence-corrected chi connectivity index (χ3v) is 3.37. The SMILES string of the molecule is CCCCOCCNC(C)Cc1cccs1. The van der Waals surface area contributed by atoms with Crippen LogP contribution in [0.4, 0.5) is 0 Å². The van der Waals surface area contributed by atoms with Crippen LogP contribution in [0.15, 0.2) is 17.5 Å². The molecule has 0 radical (unpaired) electrons. The summed E-state index contributed by atoms with van der Waals surface area (Å²) in [5.74, 6) is 0. The zero-order chi connectivity index (χ0) is 11.6. The van der Waals surface area contributed by atoms with E-state index < -0.39 is 0 Å². The highest BCUT2D eigenvalue weighted by molar-refractivity contribution is 7.09. The molecule has 1 heterocycles. The summed E-state index contributed by atoms with van der Waals surface area (Å²) in [5, 5.41) is 5.61. The van der Waals surface area contributed by atoms with Crippen molar-refractivity contribution in [3.05, 3.63) is 22.4 Å². The Morgan fingerprint density at radius 3 is 3.00 bits per heavy atom. The van der Waals surface area contributed by atoms with E-state index in [0.717, 1.165) is 26.2 Å². The Balaban J connectivity index is 1.96. The summed E-state index contributed by atoms with van der Waals surface area (Å²) in [6, 6.07) is 4.84. The van der Waals surface area contributed by atoms with Gasteiger partial charge in [0.25, 0.3) is 0 Å². The molecule has 3 heteroatoms. The molecule has 1 rings (SSSR count). The van der Waals surface area contributed by atoms with Crippen molar-refractivity contribution in [1.82, 2.24) is 5.32 Å². The maximum Gasteiger partial charge on any atom is 0.0591 e. The van der Waals surface area contributed by atoms with Gasteiger partial charge in [0.2, 0.25) is 0 Å². The summed E-state index contributed by atoms with van der Waals surface area (Å²) in [4.78, 5) is 1.45. The average Bonchev–Trinajstić information content (AvgIpc) is 2.76. The van der Waals surface area contributed by atoms with Crippen LogP contribution in [0.3, 0.4) is 0 Å². The van der Waals surface area contributed by atoms with Gasteiger partial charge in [-0.25, -0.2) is 0 Å². The highest BCUT2D eigenvalue weighted by Crippen LogP contribution is 2.10. The van der Waals surface area contributed by atoms with Gasteiger partial charge in [0, 0.05) is 24.1 Å². The molecule has 1 N–H and O–H groups in total. The third-order valence-electron chi connectivity index (χ3n) is 2.47. The lowest BCUT2D eigenvalue weighted by molar-refractivity contribution is 0.131. The molecular weight excluding hydrogens is 218 g/mol. The van der Waals surface area contributed by atoms with Crippen molar-refractivity contribution >= 4 is 11.3 Å². The first-order chi connectivity index (χ1) is 7.83. The van der Waals surface area contributed by atoms with Gasteiger partial charge in [-0.15, -0.1) is 11.3 Å². The number of thiophene rings is 1. The number of rotatable bonds is 9. The molecule has 1 atom stereocenters. The third kappa shape index (κ3) is 6.26. The number of hydrogen-bond donors (Lipinski definition) is 1. The fraction of sp³-hybridized carbons (Fsp3) is 0.692. The number of unbranched alkanes of at least 4 members (excludes halogenated alkanes) is 1. The Kier molecular flexibility index (Phi) is 7.47. The van der Waals surface area contributed by atoms with Crippen molar-refractivity contribution in [2.75, 3.05) is 19.8 Å². The minimum absolute atomic E-state index is 0.536.